The van der Waals surface area contributed by atoms with Gasteiger partial charge in [-0.25, -0.2) is 4.98 Å². The molecule has 2 aliphatic rings. The number of aryl methyl sites for hydroxylation is 1. The summed E-state index contributed by atoms with van der Waals surface area (Å²) in [5.41, 5.74) is 13.2. The maximum absolute atomic E-state index is 11.7. The Balaban J connectivity index is 1.91. The summed E-state index contributed by atoms with van der Waals surface area (Å²) in [6, 6.07) is 2.11. The highest BCUT2D eigenvalue weighted by molar-refractivity contribution is 5.99. The third kappa shape index (κ3) is 2.16. The Kier molecular flexibility index (Phi) is 3.38. The van der Waals surface area contributed by atoms with E-state index in [2.05, 4.69) is 9.88 Å². The molecular formula is C15H22N4O. The van der Waals surface area contributed by atoms with Crippen molar-refractivity contribution in [1.29, 1.82) is 0 Å². The van der Waals surface area contributed by atoms with Crippen LogP contribution in [0, 0.1) is 18.8 Å². The minimum Gasteiger partial charge on any atom is -0.365 e. The molecule has 1 saturated carbocycles. The van der Waals surface area contributed by atoms with Gasteiger partial charge in [-0.1, -0.05) is 6.42 Å². The Morgan fingerprint density at radius 1 is 1.40 bits per heavy atom. The van der Waals surface area contributed by atoms with Gasteiger partial charge in [-0.3, -0.25) is 4.79 Å². The summed E-state index contributed by atoms with van der Waals surface area (Å²) in [7, 11) is 0. The molecule has 3 unspecified atom stereocenters. The van der Waals surface area contributed by atoms with Crippen molar-refractivity contribution in [3.8, 4) is 0 Å². The molecule has 3 atom stereocenters. The molecule has 1 aliphatic carbocycles. The number of amides is 1. The number of aromatic nitrogens is 1. The third-order valence-electron chi connectivity index (χ3n) is 4.84. The van der Waals surface area contributed by atoms with Crippen LogP contribution in [-0.2, 0) is 0 Å². The first-order valence-corrected chi connectivity index (χ1v) is 7.34. The van der Waals surface area contributed by atoms with Gasteiger partial charge in [0.2, 0.25) is 0 Å². The van der Waals surface area contributed by atoms with Gasteiger partial charge in [-0.15, -0.1) is 0 Å². The summed E-state index contributed by atoms with van der Waals surface area (Å²) in [5.74, 6) is 1.48. The number of nitrogens with zero attached hydrogens (tertiary/aromatic N) is 2. The summed E-state index contributed by atoms with van der Waals surface area (Å²) in [5, 5.41) is 0. The van der Waals surface area contributed by atoms with E-state index in [4.69, 9.17) is 11.5 Å². The zero-order chi connectivity index (χ0) is 14.3. The van der Waals surface area contributed by atoms with Gasteiger partial charge in [-0.05, 0) is 43.2 Å². The smallest absolute Gasteiger partial charge is 0.252 e. The Morgan fingerprint density at radius 3 is 2.90 bits per heavy atom. The lowest BCUT2D eigenvalue weighted by molar-refractivity contribution is 0.1000. The quantitative estimate of drug-likeness (QED) is 0.844. The molecule has 108 valence electrons. The van der Waals surface area contributed by atoms with Gasteiger partial charge in [0.15, 0.2) is 0 Å². The van der Waals surface area contributed by atoms with Crippen molar-refractivity contribution in [1.82, 2.24) is 4.98 Å². The van der Waals surface area contributed by atoms with Crippen LogP contribution < -0.4 is 16.4 Å². The lowest BCUT2D eigenvalue weighted by atomic mass is 9.78. The summed E-state index contributed by atoms with van der Waals surface area (Å²) >= 11 is 0. The highest BCUT2D eigenvalue weighted by atomic mass is 16.1. The predicted molar refractivity (Wildman–Crippen MR) is 78.5 cm³/mol. The average Bonchev–Trinajstić information content (AvgIpc) is 2.83. The van der Waals surface area contributed by atoms with Gasteiger partial charge in [0.05, 0.1) is 5.56 Å². The van der Waals surface area contributed by atoms with Gasteiger partial charge in [-0.2, -0.15) is 0 Å². The highest BCUT2D eigenvalue weighted by Gasteiger charge is 2.40. The monoisotopic (exact) mass is 274 g/mol. The molecule has 4 N–H and O–H groups in total. The van der Waals surface area contributed by atoms with Crippen LogP contribution in [0.4, 0.5) is 5.82 Å². The van der Waals surface area contributed by atoms with Gasteiger partial charge in [0.25, 0.3) is 5.91 Å². The van der Waals surface area contributed by atoms with E-state index >= 15 is 0 Å². The van der Waals surface area contributed by atoms with E-state index in [1.807, 2.05) is 13.0 Å². The number of carbonyl (C=O) groups is 1. The molecule has 5 nitrogen and oxygen atoms in total. The third-order valence-corrected chi connectivity index (χ3v) is 4.84. The van der Waals surface area contributed by atoms with E-state index in [1.165, 1.54) is 12.8 Å². The molecule has 1 amide bonds. The lowest BCUT2D eigenvalue weighted by Crippen LogP contribution is -2.38. The van der Waals surface area contributed by atoms with E-state index in [0.29, 0.717) is 17.4 Å². The maximum atomic E-state index is 11.7. The van der Waals surface area contributed by atoms with Crippen LogP contribution in [0.15, 0.2) is 12.3 Å². The molecule has 2 heterocycles. The first-order valence-electron chi connectivity index (χ1n) is 7.34. The number of rotatable bonds is 2. The van der Waals surface area contributed by atoms with Gasteiger partial charge in [0, 0.05) is 25.3 Å². The van der Waals surface area contributed by atoms with Gasteiger partial charge >= 0.3 is 0 Å². The second-order valence-electron chi connectivity index (χ2n) is 6.11. The molecule has 20 heavy (non-hydrogen) atoms. The number of fused-ring (bicyclic) bond motifs is 1. The largest absolute Gasteiger partial charge is 0.365 e. The van der Waals surface area contributed by atoms with Crippen molar-refractivity contribution >= 4 is 11.7 Å². The number of primary amides is 1. The van der Waals surface area contributed by atoms with Crippen LogP contribution >= 0.6 is 0 Å². The molecule has 0 spiro atoms. The molecule has 0 aromatic carbocycles. The van der Waals surface area contributed by atoms with E-state index in [1.54, 1.807) is 6.20 Å². The number of carbonyl (C=O) groups excluding carboxylic acids is 1. The summed E-state index contributed by atoms with van der Waals surface area (Å²) < 4.78 is 0. The molecule has 1 aliphatic heterocycles. The molecule has 0 radical (unpaired) electrons. The molecule has 3 rings (SSSR count). The summed E-state index contributed by atoms with van der Waals surface area (Å²) in [6.07, 6.45) is 5.30. The van der Waals surface area contributed by atoms with E-state index in [9.17, 15) is 4.79 Å². The van der Waals surface area contributed by atoms with E-state index in [0.717, 1.165) is 30.9 Å². The van der Waals surface area contributed by atoms with Crippen LogP contribution in [0.2, 0.25) is 0 Å². The van der Waals surface area contributed by atoms with Gasteiger partial charge in [0.1, 0.15) is 5.82 Å². The minimum absolute atomic E-state index is 0.278. The van der Waals surface area contributed by atoms with Crippen molar-refractivity contribution in [2.45, 2.75) is 32.2 Å². The lowest BCUT2D eigenvalue weighted by Gasteiger charge is -2.29. The fourth-order valence-electron chi connectivity index (χ4n) is 3.78. The van der Waals surface area contributed by atoms with Crippen molar-refractivity contribution in [2.24, 2.45) is 23.3 Å². The summed E-state index contributed by atoms with van der Waals surface area (Å²) in [6.45, 7) is 3.73. The van der Waals surface area contributed by atoms with Crippen molar-refractivity contribution < 1.29 is 4.79 Å². The number of nitrogens with two attached hydrogens (primary N) is 2. The Morgan fingerprint density at radius 2 is 2.20 bits per heavy atom. The van der Waals surface area contributed by atoms with E-state index in [-0.39, 0.29) is 6.04 Å². The van der Waals surface area contributed by atoms with Crippen LogP contribution in [0.5, 0.6) is 0 Å². The Bertz CT molecular complexity index is 531. The highest BCUT2D eigenvalue weighted by Crippen LogP contribution is 2.38. The zero-order valence-electron chi connectivity index (χ0n) is 11.9. The fourth-order valence-corrected chi connectivity index (χ4v) is 3.78. The zero-order valence-corrected chi connectivity index (χ0v) is 11.9. The first-order chi connectivity index (χ1) is 9.58. The fraction of sp³-hybridized carbons (Fsp3) is 0.600. The molecule has 1 aromatic heterocycles. The number of hydrogen-bond acceptors (Lipinski definition) is 4. The predicted octanol–water partition coefficient (Wildman–Crippen LogP) is 1.05. The van der Waals surface area contributed by atoms with Crippen molar-refractivity contribution in [3.63, 3.8) is 0 Å². The SMILES string of the molecule is Cc1ccnc(N2CC3CCCC(N)C3C2)c1C(N)=O. The molecule has 1 aromatic rings. The molecule has 2 fully saturated rings. The van der Waals surface area contributed by atoms with Crippen LogP contribution in [0.1, 0.15) is 35.2 Å². The number of anilines is 1. The molecular weight excluding hydrogens is 252 g/mol. The first kappa shape index (κ1) is 13.4. The number of pyridine rings is 1. The van der Waals surface area contributed by atoms with Crippen LogP contribution in [-0.4, -0.2) is 30.0 Å². The van der Waals surface area contributed by atoms with Crippen LogP contribution in [0.25, 0.3) is 0 Å². The summed E-state index contributed by atoms with van der Waals surface area (Å²) in [4.78, 5) is 18.3. The van der Waals surface area contributed by atoms with Crippen molar-refractivity contribution in [2.75, 3.05) is 18.0 Å². The van der Waals surface area contributed by atoms with E-state index < -0.39 is 5.91 Å². The Hall–Kier alpha value is -1.62. The van der Waals surface area contributed by atoms with Crippen LogP contribution in [0.3, 0.4) is 0 Å². The molecule has 5 heteroatoms. The maximum Gasteiger partial charge on any atom is 0.252 e. The topological polar surface area (TPSA) is 85.2 Å². The minimum atomic E-state index is -0.398. The molecule has 1 saturated heterocycles. The second-order valence-corrected chi connectivity index (χ2v) is 6.11. The van der Waals surface area contributed by atoms with Crippen molar-refractivity contribution in [3.05, 3.63) is 23.4 Å². The second kappa shape index (κ2) is 5.05. The number of hydrogen-bond donors (Lipinski definition) is 2. The normalized spacial score (nSPS) is 29.3. The Labute approximate surface area is 119 Å². The standard InChI is InChI=1S/C15H22N4O/c1-9-5-6-18-15(13(9)14(17)20)19-7-10-3-2-4-12(16)11(10)8-19/h5-6,10-12H,2-4,7-8,16H2,1H3,(H2,17,20). The van der Waals surface area contributed by atoms with Gasteiger partial charge < -0.3 is 16.4 Å². The average molecular weight is 274 g/mol. The molecule has 0 bridgehead atoms.